The topological polar surface area (TPSA) is 103 Å². The molecule has 0 fully saturated rings. The van der Waals surface area contributed by atoms with E-state index in [0.29, 0.717) is 5.56 Å². The van der Waals surface area contributed by atoms with Crippen LogP contribution in [0, 0.1) is 18.3 Å². The number of hydrogen-bond acceptors (Lipinski definition) is 4. The third-order valence-corrected chi connectivity index (χ3v) is 2.06. The SMILES string of the molecule is CCOC(=O)c1[nH]c(C(=O)O)c(C#N)c1C. The molecule has 0 unspecified atom stereocenters. The first-order chi connectivity index (χ1) is 7.52. The number of carbonyl (C=O) groups is 2. The molecule has 6 heteroatoms. The molecule has 16 heavy (non-hydrogen) atoms. The van der Waals surface area contributed by atoms with Crippen molar-refractivity contribution in [2.24, 2.45) is 0 Å². The summed E-state index contributed by atoms with van der Waals surface area (Å²) in [4.78, 5) is 24.6. The van der Waals surface area contributed by atoms with E-state index in [1.54, 1.807) is 13.0 Å². The quantitative estimate of drug-likeness (QED) is 0.744. The number of H-pyrrole nitrogens is 1. The Morgan fingerprint density at radius 2 is 2.12 bits per heavy atom. The zero-order valence-electron chi connectivity index (χ0n) is 8.83. The molecule has 0 aliphatic carbocycles. The second-order valence-electron chi connectivity index (χ2n) is 3.01. The van der Waals surface area contributed by atoms with E-state index in [2.05, 4.69) is 4.98 Å². The molecule has 1 aromatic rings. The van der Waals surface area contributed by atoms with Gasteiger partial charge in [-0.15, -0.1) is 0 Å². The van der Waals surface area contributed by atoms with Gasteiger partial charge in [0.2, 0.25) is 0 Å². The molecular formula is C10H10N2O4. The molecule has 0 saturated heterocycles. The normalized spacial score (nSPS) is 9.56. The molecule has 0 radical (unpaired) electrons. The summed E-state index contributed by atoms with van der Waals surface area (Å²) in [5.74, 6) is -1.95. The second kappa shape index (κ2) is 4.49. The van der Waals surface area contributed by atoms with Crippen LogP contribution < -0.4 is 0 Å². The molecule has 0 spiro atoms. The maximum atomic E-state index is 11.4. The maximum absolute atomic E-state index is 11.4. The number of esters is 1. The summed E-state index contributed by atoms with van der Waals surface area (Å²) in [5.41, 5.74) is -0.0345. The Morgan fingerprint density at radius 3 is 2.50 bits per heavy atom. The molecule has 1 aromatic heterocycles. The van der Waals surface area contributed by atoms with Crippen LogP contribution in [0.5, 0.6) is 0 Å². The highest BCUT2D eigenvalue weighted by molar-refractivity contribution is 5.96. The van der Waals surface area contributed by atoms with E-state index in [9.17, 15) is 9.59 Å². The molecule has 0 amide bonds. The first kappa shape index (κ1) is 11.8. The number of nitrogens with one attached hydrogen (secondary N) is 1. The first-order valence-corrected chi connectivity index (χ1v) is 4.56. The summed E-state index contributed by atoms with van der Waals surface area (Å²) >= 11 is 0. The van der Waals surface area contributed by atoms with Gasteiger partial charge >= 0.3 is 11.9 Å². The lowest BCUT2D eigenvalue weighted by Crippen LogP contribution is -2.07. The Labute approximate surface area is 91.5 Å². The van der Waals surface area contributed by atoms with Gasteiger partial charge in [-0.25, -0.2) is 9.59 Å². The fourth-order valence-corrected chi connectivity index (χ4v) is 1.30. The fraction of sp³-hybridized carbons (Fsp3) is 0.300. The summed E-state index contributed by atoms with van der Waals surface area (Å²) in [6.07, 6.45) is 0. The van der Waals surface area contributed by atoms with Gasteiger partial charge in [0.05, 0.1) is 12.2 Å². The van der Waals surface area contributed by atoms with Crippen LogP contribution in [-0.4, -0.2) is 28.6 Å². The lowest BCUT2D eigenvalue weighted by molar-refractivity contribution is 0.0519. The number of nitriles is 1. The molecule has 0 aromatic carbocycles. The summed E-state index contributed by atoms with van der Waals surface area (Å²) < 4.78 is 4.73. The number of carboxylic acids is 1. The molecule has 2 N–H and O–H groups in total. The zero-order chi connectivity index (χ0) is 12.3. The van der Waals surface area contributed by atoms with Gasteiger partial charge in [-0.1, -0.05) is 0 Å². The minimum atomic E-state index is -1.28. The van der Waals surface area contributed by atoms with Gasteiger partial charge in [-0.05, 0) is 13.8 Å². The van der Waals surface area contributed by atoms with Gasteiger partial charge in [-0.3, -0.25) is 0 Å². The maximum Gasteiger partial charge on any atom is 0.355 e. The van der Waals surface area contributed by atoms with Crippen LogP contribution >= 0.6 is 0 Å². The van der Waals surface area contributed by atoms with Crippen LogP contribution in [0.1, 0.15) is 39.0 Å². The Hall–Kier alpha value is -2.29. The van der Waals surface area contributed by atoms with Crippen molar-refractivity contribution in [3.63, 3.8) is 0 Å². The van der Waals surface area contributed by atoms with Crippen molar-refractivity contribution < 1.29 is 19.4 Å². The van der Waals surface area contributed by atoms with E-state index in [0.717, 1.165) is 0 Å². The molecule has 0 aliphatic rings. The van der Waals surface area contributed by atoms with Crippen molar-refractivity contribution in [3.05, 3.63) is 22.5 Å². The summed E-state index contributed by atoms with van der Waals surface area (Å²) in [5, 5.41) is 17.6. The molecule has 0 saturated carbocycles. The molecule has 0 bridgehead atoms. The number of aromatic nitrogens is 1. The Balaban J connectivity index is 3.29. The summed E-state index contributed by atoms with van der Waals surface area (Å²) in [6, 6.07) is 1.74. The number of nitrogens with zero attached hydrogens (tertiary/aromatic N) is 1. The molecule has 1 heterocycles. The van der Waals surface area contributed by atoms with Crippen LogP contribution in [0.15, 0.2) is 0 Å². The van der Waals surface area contributed by atoms with Gasteiger partial charge in [0.1, 0.15) is 17.5 Å². The Kier molecular flexibility index (Phi) is 3.30. The van der Waals surface area contributed by atoms with Gasteiger partial charge in [0.15, 0.2) is 0 Å². The lowest BCUT2D eigenvalue weighted by atomic mass is 10.1. The Morgan fingerprint density at radius 1 is 1.50 bits per heavy atom. The molecule has 0 atom stereocenters. The van der Waals surface area contributed by atoms with Crippen molar-refractivity contribution in [1.82, 2.24) is 4.98 Å². The van der Waals surface area contributed by atoms with Gasteiger partial charge < -0.3 is 14.8 Å². The smallest absolute Gasteiger partial charge is 0.355 e. The van der Waals surface area contributed by atoms with E-state index in [-0.39, 0.29) is 23.6 Å². The van der Waals surface area contributed by atoms with E-state index in [1.807, 2.05) is 0 Å². The number of rotatable bonds is 3. The van der Waals surface area contributed by atoms with Crippen molar-refractivity contribution in [2.75, 3.05) is 6.61 Å². The first-order valence-electron chi connectivity index (χ1n) is 4.56. The van der Waals surface area contributed by atoms with Gasteiger partial charge in [-0.2, -0.15) is 5.26 Å². The number of ether oxygens (including phenoxy) is 1. The molecule has 84 valence electrons. The molecule has 6 nitrogen and oxygen atoms in total. The average Bonchev–Trinajstić information content (AvgIpc) is 2.55. The zero-order valence-corrected chi connectivity index (χ0v) is 8.83. The van der Waals surface area contributed by atoms with Crippen LogP contribution in [0.3, 0.4) is 0 Å². The number of aromatic carboxylic acids is 1. The minimum Gasteiger partial charge on any atom is -0.477 e. The van der Waals surface area contributed by atoms with Crippen molar-refractivity contribution in [1.29, 1.82) is 5.26 Å². The molecule has 1 rings (SSSR count). The standard InChI is InChI=1S/C10H10N2O4/c1-3-16-10(15)7-5(2)6(4-11)8(12-7)9(13)14/h12H,3H2,1-2H3,(H,13,14). The van der Waals surface area contributed by atoms with Gasteiger partial charge in [0.25, 0.3) is 0 Å². The highest BCUT2D eigenvalue weighted by atomic mass is 16.5. The highest BCUT2D eigenvalue weighted by Crippen LogP contribution is 2.18. The van der Waals surface area contributed by atoms with E-state index in [1.165, 1.54) is 6.92 Å². The second-order valence-corrected chi connectivity index (χ2v) is 3.01. The number of hydrogen-bond donors (Lipinski definition) is 2. The number of aromatic amines is 1. The van der Waals surface area contributed by atoms with Crippen molar-refractivity contribution in [3.8, 4) is 6.07 Å². The van der Waals surface area contributed by atoms with Crippen LogP contribution in [0.4, 0.5) is 0 Å². The van der Waals surface area contributed by atoms with Crippen LogP contribution in [0.25, 0.3) is 0 Å². The van der Waals surface area contributed by atoms with Crippen LogP contribution in [-0.2, 0) is 4.74 Å². The van der Waals surface area contributed by atoms with E-state index >= 15 is 0 Å². The lowest BCUT2D eigenvalue weighted by Gasteiger charge is -1.99. The van der Waals surface area contributed by atoms with E-state index in [4.69, 9.17) is 15.1 Å². The van der Waals surface area contributed by atoms with E-state index < -0.39 is 11.9 Å². The highest BCUT2D eigenvalue weighted by Gasteiger charge is 2.23. The summed E-state index contributed by atoms with van der Waals surface area (Å²) in [6.45, 7) is 3.31. The number of carboxylic acid groups (broad SMARTS) is 1. The summed E-state index contributed by atoms with van der Waals surface area (Å²) in [7, 11) is 0. The number of carbonyl (C=O) groups excluding carboxylic acids is 1. The van der Waals surface area contributed by atoms with Crippen molar-refractivity contribution >= 4 is 11.9 Å². The third-order valence-electron chi connectivity index (χ3n) is 2.06. The predicted molar refractivity (Wildman–Crippen MR) is 53.2 cm³/mol. The predicted octanol–water partition coefficient (Wildman–Crippen LogP) is 1.07. The largest absolute Gasteiger partial charge is 0.477 e. The molecule has 0 aliphatic heterocycles. The third kappa shape index (κ3) is 1.88. The van der Waals surface area contributed by atoms with Crippen LogP contribution in [0.2, 0.25) is 0 Å². The van der Waals surface area contributed by atoms with Crippen molar-refractivity contribution in [2.45, 2.75) is 13.8 Å². The molecular weight excluding hydrogens is 212 g/mol. The fourth-order valence-electron chi connectivity index (χ4n) is 1.30. The van der Waals surface area contributed by atoms with Gasteiger partial charge in [0, 0.05) is 5.56 Å². The average molecular weight is 222 g/mol. The minimum absolute atomic E-state index is 0.0100. The Bertz CT molecular complexity index is 482. The monoisotopic (exact) mass is 222 g/mol.